The molecule has 0 radical (unpaired) electrons. The van der Waals surface area contributed by atoms with E-state index in [0.29, 0.717) is 6.61 Å². The average molecular weight is 281 g/mol. The van der Waals surface area contributed by atoms with Crippen LogP contribution < -0.4 is 4.74 Å². The molecular formula is C15H17ClOS. The van der Waals surface area contributed by atoms with E-state index in [1.54, 1.807) is 11.3 Å². The van der Waals surface area contributed by atoms with E-state index in [-0.39, 0.29) is 5.38 Å². The van der Waals surface area contributed by atoms with E-state index in [1.807, 2.05) is 31.2 Å². The van der Waals surface area contributed by atoms with Gasteiger partial charge in [0.1, 0.15) is 5.75 Å². The van der Waals surface area contributed by atoms with Crippen LogP contribution in [0.4, 0.5) is 0 Å². The van der Waals surface area contributed by atoms with Gasteiger partial charge in [0, 0.05) is 9.75 Å². The number of halogens is 1. The molecule has 96 valence electrons. The molecule has 1 aromatic carbocycles. The van der Waals surface area contributed by atoms with Gasteiger partial charge in [0.25, 0.3) is 0 Å². The molecule has 0 bridgehead atoms. The summed E-state index contributed by atoms with van der Waals surface area (Å²) in [6, 6.07) is 10.2. The largest absolute Gasteiger partial charge is 0.494 e. The smallest absolute Gasteiger partial charge is 0.119 e. The summed E-state index contributed by atoms with van der Waals surface area (Å²) in [7, 11) is 0. The molecule has 0 aliphatic rings. The van der Waals surface area contributed by atoms with Gasteiger partial charge in [-0.05, 0) is 50.1 Å². The Hall–Kier alpha value is -0.990. The molecule has 0 N–H and O–H groups in total. The van der Waals surface area contributed by atoms with Gasteiger partial charge < -0.3 is 4.74 Å². The Kier molecular flexibility index (Phi) is 4.31. The number of aryl methyl sites for hydroxylation is 2. The molecule has 1 atom stereocenters. The predicted molar refractivity (Wildman–Crippen MR) is 79.1 cm³/mol. The second-order valence-corrected chi connectivity index (χ2v) is 6.13. The molecule has 18 heavy (non-hydrogen) atoms. The SMILES string of the molecule is CCOc1ccc(C(Cl)c2cc(C)sc2C)cc1. The summed E-state index contributed by atoms with van der Waals surface area (Å²) in [6.45, 7) is 6.90. The molecule has 0 saturated carbocycles. The number of benzene rings is 1. The van der Waals surface area contributed by atoms with Crippen molar-refractivity contribution in [2.75, 3.05) is 6.61 Å². The number of hydrogen-bond donors (Lipinski definition) is 0. The molecule has 1 aromatic heterocycles. The maximum absolute atomic E-state index is 6.55. The van der Waals surface area contributed by atoms with Crippen LogP contribution >= 0.6 is 22.9 Å². The quantitative estimate of drug-likeness (QED) is 0.709. The second-order valence-electron chi connectivity index (χ2n) is 4.23. The van der Waals surface area contributed by atoms with Crippen LogP contribution in [0.3, 0.4) is 0 Å². The van der Waals surface area contributed by atoms with E-state index in [9.17, 15) is 0 Å². The van der Waals surface area contributed by atoms with Crippen LogP contribution in [0.1, 0.15) is 33.2 Å². The van der Waals surface area contributed by atoms with Crippen molar-refractivity contribution in [3.63, 3.8) is 0 Å². The summed E-state index contributed by atoms with van der Waals surface area (Å²) in [5.74, 6) is 0.892. The predicted octanol–water partition coefficient (Wildman–Crippen LogP) is 5.09. The lowest BCUT2D eigenvalue weighted by atomic mass is 10.0. The summed E-state index contributed by atoms with van der Waals surface area (Å²) >= 11 is 8.34. The Morgan fingerprint density at radius 3 is 2.39 bits per heavy atom. The first kappa shape index (κ1) is 13.4. The molecule has 2 aromatic rings. The Bertz CT molecular complexity index is 516. The third-order valence-corrected chi connectivity index (χ3v) is 4.30. The van der Waals surface area contributed by atoms with Gasteiger partial charge in [0.15, 0.2) is 0 Å². The summed E-state index contributed by atoms with van der Waals surface area (Å²) < 4.78 is 5.43. The molecular weight excluding hydrogens is 264 g/mol. The van der Waals surface area contributed by atoms with Gasteiger partial charge in [0.05, 0.1) is 12.0 Å². The fourth-order valence-corrected chi connectivity index (χ4v) is 3.38. The van der Waals surface area contributed by atoms with Crippen LogP contribution in [0.15, 0.2) is 30.3 Å². The van der Waals surface area contributed by atoms with Crippen molar-refractivity contribution in [3.05, 3.63) is 51.2 Å². The van der Waals surface area contributed by atoms with Gasteiger partial charge >= 0.3 is 0 Å². The third-order valence-electron chi connectivity index (χ3n) is 2.84. The Balaban J connectivity index is 2.23. The molecule has 0 spiro atoms. The minimum absolute atomic E-state index is 0.0781. The van der Waals surface area contributed by atoms with Crippen molar-refractivity contribution in [3.8, 4) is 5.75 Å². The minimum Gasteiger partial charge on any atom is -0.494 e. The summed E-state index contributed by atoms with van der Waals surface area (Å²) in [5.41, 5.74) is 2.32. The highest BCUT2D eigenvalue weighted by atomic mass is 35.5. The standard InChI is InChI=1S/C15H17ClOS/c1-4-17-13-7-5-12(6-8-13)15(16)14-9-10(2)18-11(14)3/h5-9,15H,4H2,1-3H3. The Morgan fingerprint density at radius 2 is 1.89 bits per heavy atom. The third kappa shape index (κ3) is 2.88. The second kappa shape index (κ2) is 5.77. The lowest BCUT2D eigenvalue weighted by molar-refractivity contribution is 0.340. The normalized spacial score (nSPS) is 12.4. The zero-order chi connectivity index (χ0) is 13.1. The van der Waals surface area contributed by atoms with Crippen LogP contribution in [-0.2, 0) is 0 Å². The monoisotopic (exact) mass is 280 g/mol. The molecule has 0 amide bonds. The highest BCUT2D eigenvalue weighted by Crippen LogP contribution is 2.35. The zero-order valence-electron chi connectivity index (χ0n) is 10.9. The fourth-order valence-electron chi connectivity index (χ4n) is 1.98. The van der Waals surface area contributed by atoms with Gasteiger partial charge in [-0.2, -0.15) is 0 Å². The molecule has 1 heterocycles. The first-order chi connectivity index (χ1) is 8.61. The van der Waals surface area contributed by atoms with Crippen molar-refractivity contribution < 1.29 is 4.74 Å². The highest BCUT2D eigenvalue weighted by molar-refractivity contribution is 7.12. The van der Waals surface area contributed by atoms with Crippen molar-refractivity contribution >= 4 is 22.9 Å². The van der Waals surface area contributed by atoms with Crippen LogP contribution in [-0.4, -0.2) is 6.61 Å². The van der Waals surface area contributed by atoms with E-state index in [4.69, 9.17) is 16.3 Å². The Morgan fingerprint density at radius 1 is 1.22 bits per heavy atom. The summed E-state index contributed by atoms with van der Waals surface area (Å²) in [4.78, 5) is 2.60. The molecule has 0 fully saturated rings. The minimum atomic E-state index is -0.0781. The number of alkyl halides is 1. The maximum atomic E-state index is 6.55. The number of hydrogen-bond acceptors (Lipinski definition) is 2. The van der Waals surface area contributed by atoms with E-state index >= 15 is 0 Å². The van der Waals surface area contributed by atoms with E-state index < -0.39 is 0 Å². The first-order valence-corrected chi connectivity index (χ1v) is 7.31. The number of rotatable bonds is 4. The molecule has 0 saturated heterocycles. The van der Waals surface area contributed by atoms with Crippen molar-refractivity contribution in [1.82, 2.24) is 0 Å². The van der Waals surface area contributed by atoms with Crippen molar-refractivity contribution in [2.24, 2.45) is 0 Å². The van der Waals surface area contributed by atoms with Gasteiger partial charge in [-0.25, -0.2) is 0 Å². The summed E-state index contributed by atoms with van der Waals surface area (Å²) in [6.07, 6.45) is 0. The molecule has 0 aliphatic carbocycles. The van der Waals surface area contributed by atoms with Gasteiger partial charge in [-0.3, -0.25) is 0 Å². The van der Waals surface area contributed by atoms with Crippen LogP contribution in [0.2, 0.25) is 0 Å². The molecule has 1 unspecified atom stereocenters. The topological polar surface area (TPSA) is 9.23 Å². The van der Waals surface area contributed by atoms with Gasteiger partial charge in [-0.15, -0.1) is 22.9 Å². The number of thiophene rings is 1. The van der Waals surface area contributed by atoms with E-state index in [1.165, 1.54) is 15.3 Å². The highest BCUT2D eigenvalue weighted by Gasteiger charge is 2.15. The Labute approximate surface area is 117 Å². The average Bonchev–Trinajstić information content (AvgIpc) is 2.69. The van der Waals surface area contributed by atoms with Crippen LogP contribution in [0.5, 0.6) is 5.75 Å². The van der Waals surface area contributed by atoms with Gasteiger partial charge in [0.2, 0.25) is 0 Å². The lowest BCUT2D eigenvalue weighted by Crippen LogP contribution is -1.95. The van der Waals surface area contributed by atoms with Gasteiger partial charge in [-0.1, -0.05) is 12.1 Å². The molecule has 0 aliphatic heterocycles. The van der Waals surface area contributed by atoms with Crippen molar-refractivity contribution in [1.29, 1.82) is 0 Å². The fraction of sp³-hybridized carbons (Fsp3) is 0.333. The van der Waals surface area contributed by atoms with Crippen LogP contribution in [0.25, 0.3) is 0 Å². The number of ether oxygens (including phenoxy) is 1. The lowest BCUT2D eigenvalue weighted by Gasteiger charge is -2.11. The van der Waals surface area contributed by atoms with E-state index in [0.717, 1.165) is 11.3 Å². The summed E-state index contributed by atoms with van der Waals surface area (Å²) in [5, 5.41) is -0.0781. The first-order valence-electron chi connectivity index (χ1n) is 6.05. The molecule has 1 nitrogen and oxygen atoms in total. The maximum Gasteiger partial charge on any atom is 0.119 e. The zero-order valence-corrected chi connectivity index (χ0v) is 12.4. The van der Waals surface area contributed by atoms with E-state index in [2.05, 4.69) is 19.9 Å². The van der Waals surface area contributed by atoms with Crippen molar-refractivity contribution in [2.45, 2.75) is 26.1 Å². The van der Waals surface area contributed by atoms with Crippen LogP contribution in [0, 0.1) is 13.8 Å². The molecule has 3 heteroatoms. The molecule has 2 rings (SSSR count).